The van der Waals surface area contributed by atoms with Crippen molar-refractivity contribution < 1.29 is 15.0 Å². The van der Waals surface area contributed by atoms with Crippen LogP contribution >= 0.6 is 11.8 Å². The normalized spacial score (nSPS) is 22.3. The van der Waals surface area contributed by atoms with Gasteiger partial charge in [-0.3, -0.25) is 4.79 Å². The molecule has 0 amide bonds. The minimum absolute atomic E-state index is 0.365. The largest absolute Gasteiger partial charge is 0.480 e. The van der Waals surface area contributed by atoms with Gasteiger partial charge in [0, 0.05) is 5.75 Å². The summed E-state index contributed by atoms with van der Waals surface area (Å²) in [4.78, 5) is 10.8. The highest BCUT2D eigenvalue weighted by Crippen LogP contribution is 2.32. The molecule has 0 radical (unpaired) electrons. The van der Waals surface area contributed by atoms with Gasteiger partial charge in [0.1, 0.15) is 5.25 Å². The monoisotopic (exact) mass is 232 g/mol. The van der Waals surface area contributed by atoms with E-state index in [4.69, 9.17) is 5.11 Å². The van der Waals surface area contributed by atoms with Gasteiger partial charge in [-0.05, 0) is 19.3 Å². The molecule has 0 aromatic rings. The molecule has 0 saturated heterocycles. The molecule has 1 saturated carbocycles. The fourth-order valence-electron chi connectivity index (χ4n) is 1.97. The Morgan fingerprint density at radius 3 is 2.47 bits per heavy atom. The molecule has 0 bridgehead atoms. The van der Waals surface area contributed by atoms with Crippen molar-refractivity contribution >= 4 is 17.7 Å². The molecule has 4 heteroatoms. The van der Waals surface area contributed by atoms with Crippen LogP contribution in [-0.4, -0.2) is 32.8 Å². The van der Waals surface area contributed by atoms with E-state index in [-0.39, 0.29) is 5.25 Å². The molecule has 1 aliphatic rings. The van der Waals surface area contributed by atoms with Gasteiger partial charge in [-0.15, -0.1) is 11.8 Å². The maximum atomic E-state index is 10.8. The number of aliphatic hydroxyl groups is 1. The molecular formula is C11H20O3S. The van der Waals surface area contributed by atoms with Crippen LogP contribution in [0, 0.1) is 0 Å². The van der Waals surface area contributed by atoms with E-state index in [1.807, 2.05) is 6.92 Å². The SMILES string of the molecule is CCC(SCC1(O)CCCCC1)C(=O)O. The van der Waals surface area contributed by atoms with Crippen molar-refractivity contribution in [1.29, 1.82) is 0 Å². The van der Waals surface area contributed by atoms with Gasteiger partial charge in [-0.25, -0.2) is 0 Å². The Labute approximate surface area is 95.3 Å². The van der Waals surface area contributed by atoms with E-state index in [2.05, 4.69) is 0 Å². The summed E-state index contributed by atoms with van der Waals surface area (Å²) in [6.07, 6.45) is 5.62. The fourth-order valence-corrected chi connectivity index (χ4v) is 3.15. The minimum atomic E-state index is -0.762. The Balaban J connectivity index is 2.36. The lowest BCUT2D eigenvalue weighted by atomic mass is 9.86. The number of hydrogen-bond acceptors (Lipinski definition) is 3. The molecule has 0 spiro atoms. The maximum absolute atomic E-state index is 10.8. The van der Waals surface area contributed by atoms with Gasteiger partial charge in [0.15, 0.2) is 0 Å². The third kappa shape index (κ3) is 4.03. The zero-order valence-electron chi connectivity index (χ0n) is 9.24. The minimum Gasteiger partial charge on any atom is -0.480 e. The van der Waals surface area contributed by atoms with Gasteiger partial charge in [0.05, 0.1) is 5.60 Å². The lowest BCUT2D eigenvalue weighted by Crippen LogP contribution is -2.35. The van der Waals surface area contributed by atoms with Crippen molar-refractivity contribution in [2.75, 3.05) is 5.75 Å². The Bertz CT molecular complexity index is 212. The third-order valence-electron chi connectivity index (χ3n) is 2.98. The van der Waals surface area contributed by atoms with Crippen LogP contribution in [0.3, 0.4) is 0 Å². The highest BCUT2D eigenvalue weighted by atomic mass is 32.2. The summed E-state index contributed by atoms with van der Waals surface area (Å²) in [5.41, 5.74) is -0.605. The summed E-state index contributed by atoms with van der Waals surface area (Å²) in [6.45, 7) is 1.87. The summed E-state index contributed by atoms with van der Waals surface area (Å²) < 4.78 is 0. The molecule has 0 aliphatic heterocycles. The summed E-state index contributed by atoms with van der Waals surface area (Å²) in [5, 5.41) is 18.7. The van der Waals surface area contributed by atoms with Gasteiger partial charge >= 0.3 is 5.97 Å². The summed E-state index contributed by atoms with van der Waals surface area (Å²) in [5.74, 6) is -0.195. The number of carboxylic acid groups (broad SMARTS) is 1. The van der Waals surface area contributed by atoms with E-state index in [1.54, 1.807) is 0 Å². The number of carbonyl (C=O) groups is 1. The average Bonchev–Trinajstić information content (AvgIpc) is 2.19. The van der Waals surface area contributed by atoms with Crippen molar-refractivity contribution in [2.24, 2.45) is 0 Å². The first-order chi connectivity index (χ1) is 7.07. The van der Waals surface area contributed by atoms with E-state index < -0.39 is 11.6 Å². The second-order valence-electron chi connectivity index (χ2n) is 4.33. The first-order valence-electron chi connectivity index (χ1n) is 5.64. The molecule has 0 heterocycles. The summed E-state index contributed by atoms with van der Waals surface area (Å²) in [7, 11) is 0. The summed E-state index contributed by atoms with van der Waals surface area (Å²) in [6, 6.07) is 0. The first kappa shape index (κ1) is 12.8. The van der Waals surface area contributed by atoms with E-state index in [0.29, 0.717) is 12.2 Å². The van der Waals surface area contributed by atoms with Gasteiger partial charge < -0.3 is 10.2 Å². The molecule has 0 aromatic heterocycles. The standard InChI is InChI=1S/C11H20O3S/c1-2-9(10(12)13)15-8-11(14)6-4-3-5-7-11/h9,14H,2-8H2,1H3,(H,12,13). The average molecular weight is 232 g/mol. The molecule has 2 N–H and O–H groups in total. The molecule has 88 valence electrons. The Morgan fingerprint density at radius 2 is 2.00 bits per heavy atom. The van der Waals surface area contributed by atoms with Gasteiger partial charge in [0.2, 0.25) is 0 Å². The quantitative estimate of drug-likeness (QED) is 0.763. The highest BCUT2D eigenvalue weighted by Gasteiger charge is 2.30. The third-order valence-corrected chi connectivity index (χ3v) is 4.63. The van der Waals surface area contributed by atoms with Crippen molar-refractivity contribution in [3.63, 3.8) is 0 Å². The van der Waals surface area contributed by atoms with Crippen molar-refractivity contribution in [3.05, 3.63) is 0 Å². The molecule has 15 heavy (non-hydrogen) atoms. The topological polar surface area (TPSA) is 57.5 Å². The van der Waals surface area contributed by atoms with Crippen LogP contribution < -0.4 is 0 Å². The fraction of sp³-hybridized carbons (Fsp3) is 0.909. The molecule has 1 rings (SSSR count). The van der Waals surface area contributed by atoms with Crippen molar-refractivity contribution in [2.45, 2.75) is 56.3 Å². The van der Waals surface area contributed by atoms with E-state index in [0.717, 1.165) is 25.7 Å². The van der Waals surface area contributed by atoms with Crippen LogP contribution in [-0.2, 0) is 4.79 Å². The van der Waals surface area contributed by atoms with Crippen LogP contribution in [0.5, 0.6) is 0 Å². The maximum Gasteiger partial charge on any atom is 0.316 e. The number of hydrogen-bond donors (Lipinski definition) is 2. The number of carboxylic acids is 1. The number of rotatable bonds is 5. The van der Waals surface area contributed by atoms with Crippen LogP contribution in [0.15, 0.2) is 0 Å². The van der Waals surface area contributed by atoms with Gasteiger partial charge in [-0.1, -0.05) is 26.2 Å². The Kier molecular flexibility index (Phi) is 4.93. The Morgan fingerprint density at radius 1 is 1.40 bits per heavy atom. The smallest absolute Gasteiger partial charge is 0.316 e. The van der Waals surface area contributed by atoms with Crippen molar-refractivity contribution in [1.82, 2.24) is 0 Å². The second kappa shape index (κ2) is 5.75. The van der Waals surface area contributed by atoms with Crippen LogP contribution in [0.1, 0.15) is 45.4 Å². The van der Waals surface area contributed by atoms with Crippen molar-refractivity contribution in [3.8, 4) is 0 Å². The van der Waals surface area contributed by atoms with E-state index in [1.165, 1.54) is 18.2 Å². The zero-order chi connectivity index (χ0) is 11.3. The first-order valence-corrected chi connectivity index (χ1v) is 6.69. The predicted molar refractivity (Wildman–Crippen MR) is 62.2 cm³/mol. The number of thioether (sulfide) groups is 1. The lowest BCUT2D eigenvalue weighted by molar-refractivity contribution is -0.136. The summed E-state index contributed by atoms with van der Waals surface area (Å²) >= 11 is 1.39. The molecule has 0 aromatic carbocycles. The second-order valence-corrected chi connectivity index (χ2v) is 5.52. The van der Waals surface area contributed by atoms with Crippen LogP contribution in [0.4, 0.5) is 0 Å². The molecule has 1 unspecified atom stereocenters. The predicted octanol–water partition coefficient (Wildman–Crippen LogP) is 2.28. The van der Waals surface area contributed by atoms with Crippen LogP contribution in [0.25, 0.3) is 0 Å². The molecule has 1 aliphatic carbocycles. The van der Waals surface area contributed by atoms with E-state index >= 15 is 0 Å². The zero-order valence-corrected chi connectivity index (χ0v) is 10.1. The molecule has 1 fully saturated rings. The molecule has 1 atom stereocenters. The Hall–Kier alpha value is -0.220. The van der Waals surface area contributed by atoms with E-state index in [9.17, 15) is 9.90 Å². The van der Waals surface area contributed by atoms with Crippen LogP contribution in [0.2, 0.25) is 0 Å². The number of aliphatic carboxylic acids is 1. The molecule has 3 nitrogen and oxygen atoms in total. The lowest BCUT2D eigenvalue weighted by Gasteiger charge is -2.32. The highest BCUT2D eigenvalue weighted by molar-refractivity contribution is 8.00. The van der Waals surface area contributed by atoms with Gasteiger partial charge in [-0.2, -0.15) is 0 Å². The molecular weight excluding hydrogens is 212 g/mol. The van der Waals surface area contributed by atoms with Gasteiger partial charge in [0.25, 0.3) is 0 Å².